The van der Waals surface area contributed by atoms with Gasteiger partial charge in [-0.2, -0.15) is 18.3 Å². The molecule has 0 unspecified atom stereocenters. The Labute approximate surface area is 128 Å². The molecule has 0 spiro atoms. The van der Waals surface area contributed by atoms with E-state index in [1.165, 1.54) is 16.9 Å². The molecule has 1 N–H and O–H groups in total. The van der Waals surface area contributed by atoms with Crippen LogP contribution in [0.2, 0.25) is 0 Å². The number of amides is 1. The maximum absolute atomic E-state index is 12.2. The van der Waals surface area contributed by atoms with Gasteiger partial charge in [0.15, 0.2) is 5.65 Å². The van der Waals surface area contributed by atoms with E-state index in [0.29, 0.717) is 5.69 Å². The number of aromatic nitrogens is 3. The van der Waals surface area contributed by atoms with Crippen LogP contribution in [0.5, 0.6) is 0 Å². The van der Waals surface area contributed by atoms with Crippen molar-refractivity contribution in [1.29, 1.82) is 0 Å². The van der Waals surface area contributed by atoms with Crippen molar-refractivity contribution in [2.24, 2.45) is 0 Å². The first-order valence-electron chi connectivity index (χ1n) is 6.69. The highest BCUT2D eigenvalue weighted by Gasteiger charge is 2.28. The van der Waals surface area contributed by atoms with Crippen molar-refractivity contribution in [2.45, 2.75) is 6.18 Å². The first kappa shape index (κ1) is 15.0. The van der Waals surface area contributed by atoms with Gasteiger partial charge in [-0.05, 0) is 6.07 Å². The number of halogens is 3. The summed E-state index contributed by atoms with van der Waals surface area (Å²) >= 11 is 0. The standard InChI is InChI=1S/C15H11F3N4O/c16-15(17,18)9-20-14(23)11-8-21-22-12(6-7-19-13(11)22)10-4-2-1-3-5-10/h1-8H,9H2,(H,20,23). The van der Waals surface area contributed by atoms with Crippen LogP contribution in [-0.2, 0) is 0 Å². The van der Waals surface area contributed by atoms with Crippen LogP contribution in [0.3, 0.4) is 0 Å². The average Bonchev–Trinajstić information content (AvgIpc) is 2.97. The van der Waals surface area contributed by atoms with Crippen LogP contribution in [0.15, 0.2) is 48.8 Å². The maximum Gasteiger partial charge on any atom is 0.405 e. The van der Waals surface area contributed by atoms with Gasteiger partial charge in [0.05, 0.1) is 11.9 Å². The largest absolute Gasteiger partial charge is 0.405 e. The monoisotopic (exact) mass is 320 g/mol. The second-order valence-electron chi connectivity index (χ2n) is 4.79. The fourth-order valence-electron chi connectivity index (χ4n) is 2.15. The van der Waals surface area contributed by atoms with E-state index in [9.17, 15) is 18.0 Å². The zero-order valence-electron chi connectivity index (χ0n) is 11.7. The van der Waals surface area contributed by atoms with Gasteiger partial charge in [0, 0.05) is 11.8 Å². The Morgan fingerprint density at radius 1 is 1.17 bits per heavy atom. The topological polar surface area (TPSA) is 59.3 Å². The Balaban J connectivity index is 1.97. The van der Waals surface area contributed by atoms with Crippen LogP contribution in [0, 0.1) is 0 Å². The van der Waals surface area contributed by atoms with E-state index in [1.54, 1.807) is 6.07 Å². The van der Waals surface area contributed by atoms with Gasteiger partial charge >= 0.3 is 6.18 Å². The van der Waals surface area contributed by atoms with Crippen molar-refractivity contribution < 1.29 is 18.0 Å². The van der Waals surface area contributed by atoms with E-state index in [1.807, 2.05) is 35.6 Å². The normalized spacial score (nSPS) is 11.6. The smallest absolute Gasteiger partial charge is 0.343 e. The fraction of sp³-hybridized carbons (Fsp3) is 0.133. The minimum atomic E-state index is -4.47. The molecular formula is C15H11F3N4O. The molecule has 0 atom stereocenters. The van der Waals surface area contributed by atoms with Gasteiger partial charge in [-0.3, -0.25) is 4.79 Å². The van der Waals surface area contributed by atoms with Gasteiger partial charge in [-0.1, -0.05) is 30.3 Å². The third kappa shape index (κ3) is 3.15. The van der Waals surface area contributed by atoms with E-state index in [-0.39, 0.29) is 11.2 Å². The Kier molecular flexibility index (Phi) is 3.73. The Bertz CT molecular complexity index is 843. The number of alkyl halides is 3. The number of nitrogens with one attached hydrogen (secondary N) is 1. The van der Waals surface area contributed by atoms with Crippen LogP contribution in [0.1, 0.15) is 10.4 Å². The van der Waals surface area contributed by atoms with Gasteiger partial charge in [0.25, 0.3) is 5.91 Å². The van der Waals surface area contributed by atoms with Crippen LogP contribution in [-0.4, -0.2) is 33.2 Å². The lowest BCUT2D eigenvalue weighted by Crippen LogP contribution is -2.33. The molecule has 1 aromatic carbocycles. The zero-order chi connectivity index (χ0) is 16.4. The second-order valence-corrected chi connectivity index (χ2v) is 4.79. The molecule has 0 aliphatic carbocycles. The molecule has 2 heterocycles. The molecule has 118 valence electrons. The molecule has 0 radical (unpaired) electrons. The zero-order valence-corrected chi connectivity index (χ0v) is 11.7. The van der Waals surface area contributed by atoms with Gasteiger partial charge < -0.3 is 5.32 Å². The van der Waals surface area contributed by atoms with Crippen molar-refractivity contribution in [1.82, 2.24) is 19.9 Å². The first-order valence-corrected chi connectivity index (χ1v) is 6.69. The third-order valence-electron chi connectivity index (χ3n) is 3.16. The molecule has 8 heteroatoms. The molecule has 3 rings (SSSR count). The minimum absolute atomic E-state index is 0.00738. The molecule has 0 aliphatic heterocycles. The lowest BCUT2D eigenvalue weighted by atomic mass is 10.1. The molecular weight excluding hydrogens is 309 g/mol. The first-order chi connectivity index (χ1) is 11.0. The summed E-state index contributed by atoms with van der Waals surface area (Å²) < 4.78 is 38.0. The van der Waals surface area contributed by atoms with Crippen LogP contribution < -0.4 is 5.32 Å². The van der Waals surface area contributed by atoms with Gasteiger partial charge in [-0.15, -0.1) is 0 Å². The van der Waals surface area contributed by atoms with Crippen molar-refractivity contribution in [2.75, 3.05) is 6.54 Å². The quantitative estimate of drug-likeness (QED) is 0.807. The maximum atomic E-state index is 12.2. The summed E-state index contributed by atoms with van der Waals surface area (Å²) in [6, 6.07) is 11.0. The number of carbonyl (C=O) groups is 1. The van der Waals surface area contributed by atoms with E-state index >= 15 is 0 Å². The number of benzene rings is 1. The predicted molar refractivity (Wildman–Crippen MR) is 76.8 cm³/mol. The number of rotatable bonds is 3. The van der Waals surface area contributed by atoms with E-state index in [2.05, 4.69) is 10.1 Å². The van der Waals surface area contributed by atoms with E-state index < -0.39 is 18.6 Å². The highest BCUT2D eigenvalue weighted by molar-refractivity contribution is 5.99. The second kappa shape index (κ2) is 5.71. The Hall–Kier alpha value is -2.90. The predicted octanol–water partition coefficient (Wildman–Crippen LogP) is 2.69. The Morgan fingerprint density at radius 3 is 2.61 bits per heavy atom. The van der Waals surface area contributed by atoms with Crippen LogP contribution in [0.25, 0.3) is 16.9 Å². The summed E-state index contributed by atoms with van der Waals surface area (Å²) in [5.74, 6) is -0.866. The molecule has 3 aromatic rings. The fourth-order valence-corrected chi connectivity index (χ4v) is 2.15. The number of nitrogens with zero attached hydrogens (tertiary/aromatic N) is 3. The SMILES string of the molecule is O=C(NCC(F)(F)F)c1cnn2c(-c3ccccc3)ccnc12. The summed E-state index contributed by atoms with van der Waals surface area (Å²) in [5.41, 5.74) is 1.73. The van der Waals surface area contributed by atoms with Crippen molar-refractivity contribution >= 4 is 11.6 Å². The van der Waals surface area contributed by atoms with Crippen molar-refractivity contribution in [3.8, 4) is 11.3 Å². The number of fused-ring (bicyclic) bond motifs is 1. The molecule has 0 saturated carbocycles. The van der Waals surface area contributed by atoms with Crippen LogP contribution >= 0.6 is 0 Å². The molecule has 5 nitrogen and oxygen atoms in total. The summed E-state index contributed by atoms with van der Waals surface area (Å²) in [5, 5.41) is 5.89. The molecule has 2 aromatic heterocycles. The van der Waals surface area contributed by atoms with E-state index in [4.69, 9.17) is 0 Å². The van der Waals surface area contributed by atoms with Gasteiger partial charge in [0.1, 0.15) is 12.1 Å². The van der Waals surface area contributed by atoms with E-state index in [0.717, 1.165) is 5.56 Å². The van der Waals surface area contributed by atoms with Gasteiger partial charge in [0.2, 0.25) is 0 Å². The number of hydrogen-bond donors (Lipinski definition) is 1. The summed E-state index contributed by atoms with van der Waals surface area (Å²) in [6.45, 7) is -1.40. The van der Waals surface area contributed by atoms with Crippen molar-refractivity contribution in [3.05, 3.63) is 54.4 Å². The summed E-state index contributed by atoms with van der Waals surface area (Å²) in [7, 11) is 0. The lowest BCUT2D eigenvalue weighted by Gasteiger charge is -2.07. The molecule has 0 aliphatic rings. The highest BCUT2D eigenvalue weighted by atomic mass is 19.4. The lowest BCUT2D eigenvalue weighted by molar-refractivity contribution is -0.123. The molecule has 0 saturated heterocycles. The summed E-state index contributed by atoms with van der Waals surface area (Å²) in [4.78, 5) is 16.0. The molecule has 0 bridgehead atoms. The molecule has 23 heavy (non-hydrogen) atoms. The average molecular weight is 320 g/mol. The molecule has 0 fully saturated rings. The van der Waals surface area contributed by atoms with Crippen molar-refractivity contribution in [3.63, 3.8) is 0 Å². The molecule has 1 amide bonds. The third-order valence-corrected chi connectivity index (χ3v) is 3.16. The minimum Gasteiger partial charge on any atom is -0.343 e. The Morgan fingerprint density at radius 2 is 1.91 bits per heavy atom. The number of carbonyl (C=O) groups excluding carboxylic acids is 1. The summed E-state index contributed by atoms with van der Waals surface area (Å²) in [6.07, 6.45) is -1.78. The number of hydrogen-bond acceptors (Lipinski definition) is 3. The van der Waals surface area contributed by atoms with Gasteiger partial charge in [-0.25, -0.2) is 9.50 Å². The highest BCUT2D eigenvalue weighted by Crippen LogP contribution is 2.20. The van der Waals surface area contributed by atoms with Crippen LogP contribution in [0.4, 0.5) is 13.2 Å².